The van der Waals surface area contributed by atoms with Crippen LogP contribution in [0, 0.1) is 0 Å². The van der Waals surface area contributed by atoms with Crippen molar-refractivity contribution in [1.29, 1.82) is 0 Å². The van der Waals surface area contributed by atoms with Crippen molar-refractivity contribution in [3.05, 3.63) is 25.8 Å². The zero-order valence-electron chi connectivity index (χ0n) is 8.22. The summed E-state index contributed by atoms with van der Waals surface area (Å²) in [6, 6.07) is 1.95. The molecule has 2 aromatic heterocycles. The highest BCUT2D eigenvalue weighted by Gasteiger charge is 2.18. The van der Waals surface area contributed by atoms with E-state index >= 15 is 0 Å². The van der Waals surface area contributed by atoms with Gasteiger partial charge < -0.3 is 9.73 Å². The van der Waals surface area contributed by atoms with E-state index in [-0.39, 0.29) is 0 Å². The Balaban J connectivity index is 2.03. The Hall–Kier alpha value is -0.170. The highest BCUT2D eigenvalue weighted by molar-refractivity contribution is 9.13. The number of aromatic nitrogens is 1. The van der Waals surface area contributed by atoms with Crippen LogP contribution in [0.3, 0.4) is 0 Å². The number of rotatable bonds is 1. The Morgan fingerprint density at radius 1 is 1.44 bits per heavy atom. The van der Waals surface area contributed by atoms with E-state index in [2.05, 4.69) is 42.2 Å². The van der Waals surface area contributed by atoms with Crippen LogP contribution in [-0.2, 0) is 13.0 Å². The second-order valence-corrected chi connectivity index (χ2v) is 6.21. The first kappa shape index (κ1) is 11.0. The SMILES string of the molecule is Brc1cc(-c2nc3c(s2)CNCC3)oc1Br. The number of thiazole rings is 1. The maximum atomic E-state index is 5.58. The van der Waals surface area contributed by atoms with Gasteiger partial charge in [0.1, 0.15) is 0 Å². The largest absolute Gasteiger partial charge is 0.446 e. The number of nitrogens with one attached hydrogen (secondary N) is 1. The summed E-state index contributed by atoms with van der Waals surface area (Å²) in [6.45, 7) is 1.94. The second-order valence-electron chi connectivity index (χ2n) is 3.55. The molecule has 1 aliphatic rings. The van der Waals surface area contributed by atoms with E-state index in [9.17, 15) is 0 Å². The zero-order chi connectivity index (χ0) is 11.1. The van der Waals surface area contributed by atoms with Gasteiger partial charge >= 0.3 is 0 Å². The highest BCUT2D eigenvalue weighted by Crippen LogP contribution is 2.36. The van der Waals surface area contributed by atoms with Crippen LogP contribution in [0.25, 0.3) is 10.8 Å². The van der Waals surface area contributed by atoms with Crippen molar-refractivity contribution < 1.29 is 4.42 Å². The Bertz CT molecular complexity index is 492. The molecule has 0 amide bonds. The van der Waals surface area contributed by atoms with E-state index in [0.717, 1.165) is 34.8 Å². The van der Waals surface area contributed by atoms with Crippen LogP contribution < -0.4 is 5.32 Å². The van der Waals surface area contributed by atoms with E-state index in [4.69, 9.17) is 4.42 Å². The van der Waals surface area contributed by atoms with Gasteiger partial charge in [0, 0.05) is 30.5 Å². The molecule has 1 N–H and O–H groups in total. The third-order valence-electron chi connectivity index (χ3n) is 2.46. The number of hydrogen-bond acceptors (Lipinski definition) is 4. The maximum Gasteiger partial charge on any atom is 0.184 e. The molecule has 0 aromatic carbocycles. The van der Waals surface area contributed by atoms with Crippen LogP contribution in [-0.4, -0.2) is 11.5 Å². The first-order valence-electron chi connectivity index (χ1n) is 4.88. The third kappa shape index (κ3) is 1.88. The monoisotopic (exact) mass is 362 g/mol. The number of hydrogen-bond donors (Lipinski definition) is 1. The number of fused-ring (bicyclic) bond motifs is 1. The molecule has 0 atom stereocenters. The normalized spacial score (nSPS) is 15.1. The number of furan rings is 1. The van der Waals surface area contributed by atoms with Crippen LogP contribution in [0.4, 0.5) is 0 Å². The molecule has 0 saturated carbocycles. The van der Waals surface area contributed by atoms with Gasteiger partial charge in [0.2, 0.25) is 0 Å². The Morgan fingerprint density at radius 2 is 2.31 bits per heavy atom. The van der Waals surface area contributed by atoms with Crippen molar-refractivity contribution >= 4 is 43.2 Å². The van der Waals surface area contributed by atoms with Crippen LogP contribution in [0.1, 0.15) is 10.6 Å². The fourth-order valence-electron chi connectivity index (χ4n) is 1.68. The standard InChI is InChI=1S/C10H8Br2N2OS/c11-5-3-7(15-9(5)12)10-14-6-1-2-13-4-8(6)16-10/h3,13H,1-2,4H2. The van der Waals surface area contributed by atoms with Crippen molar-refractivity contribution in [2.24, 2.45) is 0 Å². The van der Waals surface area contributed by atoms with Crippen molar-refractivity contribution in [2.45, 2.75) is 13.0 Å². The molecule has 0 fully saturated rings. The van der Waals surface area contributed by atoms with Crippen LogP contribution >= 0.6 is 43.2 Å². The lowest BCUT2D eigenvalue weighted by Gasteiger charge is -2.09. The van der Waals surface area contributed by atoms with E-state index in [1.54, 1.807) is 11.3 Å². The fraction of sp³-hybridized carbons (Fsp3) is 0.300. The molecule has 3 nitrogen and oxygen atoms in total. The van der Waals surface area contributed by atoms with Crippen molar-refractivity contribution in [1.82, 2.24) is 10.3 Å². The van der Waals surface area contributed by atoms with Gasteiger partial charge in [-0.1, -0.05) is 0 Å². The summed E-state index contributed by atoms with van der Waals surface area (Å²) in [5.74, 6) is 0.818. The first-order valence-corrected chi connectivity index (χ1v) is 7.29. The summed E-state index contributed by atoms with van der Waals surface area (Å²) >= 11 is 8.45. The Labute approximate surface area is 114 Å². The third-order valence-corrected chi connectivity index (χ3v) is 5.28. The lowest BCUT2D eigenvalue weighted by molar-refractivity contribution is 0.553. The molecule has 2 aromatic rings. The Kier molecular flexibility index (Phi) is 2.91. The van der Waals surface area contributed by atoms with Crippen molar-refractivity contribution in [3.8, 4) is 10.8 Å². The van der Waals surface area contributed by atoms with Gasteiger partial charge in [-0.2, -0.15) is 0 Å². The molecule has 0 unspecified atom stereocenters. The summed E-state index contributed by atoms with van der Waals surface area (Å²) in [4.78, 5) is 5.94. The lowest BCUT2D eigenvalue weighted by atomic mass is 10.2. The molecule has 6 heteroatoms. The van der Waals surface area contributed by atoms with Gasteiger partial charge in [0.15, 0.2) is 15.4 Å². The molecule has 16 heavy (non-hydrogen) atoms. The molecule has 0 spiro atoms. The summed E-state index contributed by atoms with van der Waals surface area (Å²) in [6.07, 6.45) is 1.01. The molecule has 1 aliphatic heterocycles. The molecule has 0 radical (unpaired) electrons. The van der Waals surface area contributed by atoms with Crippen molar-refractivity contribution in [3.63, 3.8) is 0 Å². The molecular formula is C10H8Br2N2OS. The quantitative estimate of drug-likeness (QED) is 0.841. The molecule has 0 aliphatic carbocycles. The predicted octanol–water partition coefficient (Wildman–Crippen LogP) is 3.57. The molecule has 3 rings (SSSR count). The average molecular weight is 364 g/mol. The van der Waals surface area contributed by atoms with Gasteiger partial charge in [-0.15, -0.1) is 11.3 Å². The van der Waals surface area contributed by atoms with Gasteiger partial charge in [-0.05, 0) is 31.9 Å². The smallest absolute Gasteiger partial charge is 0.184 e. The molecular weight excluding hydrogens is 356 g/mol. The number of halogens is 2. The molecule has 0 saturated heterocycles. The fourth-order valence-corrected chi connectivity index (χ4v) is 3.29. The molecule has 84 valence electrons. The molecule has 3 heterocycles. The summed E-state index contributed by atoms with van der Waals surface area (Å²) in [5.41, 5.74) is 1.21. The lowest BCUT2D eigenvalue weighted by Crippen LogP contribution is -2.22. The average Bonchev–Trinajstić information content (AvgIpc) is 2.83. The topological polar surface area (TPSA) is 38.1 Å². The second kappa shape index (κ2) is 4.25. The van der Waals surface area contributed by atoms with Crippen LogP contribution in [0.2, 0.25) is 0 Å². The van der Waals surface area contributed by atoms with Crippen molar-refractivity contribution in [2.75, 3.05) is 6.54 Å². The summed E-state index contributed by atoms with van der Waals surface area (Å²) in [7, 11) is 0. The summed E-state index contributed by atoms with van der Waals surface area (Å²) in [5, 5.41) is 4.30. The van der Waals surface area contributed by atoms with Gasteiger partial charge in [0.05, 0.1) is 10.2 Å². The zero-order valence-corrected chi connectivity index (χ0v) is 12.2. The minimum atomic E-state index is 0.716. The summed E-state index contributed by atoms with van der Waals surface area (Å²) < 4.78 is 7.22. The first-order chi connectivity index (χ1) is 7.74. The Morgan fingerprint density at radius 3 is 3.00 bits per heavy atom. The molecule has 0 bridgehead atoms. The van der Waals surface area contributed by atoms with Gasteiger partial charge in [-0.25, -0.2) is 4.98 Å². The van der Waals surface area contributed by atoms with Crippen LogP contribution in [0.5, 0.6) is 0 Å². The van der Waals surface area contributed by atoms with Gasteiger partial charge in [0.25, 0.3) is 0 Å². The minimum Gasteiger partial charge on any atom is -0.446 e. The van der Waals surface area contributed by atoms with E-state index in [1.165, 1.54) is 10.6 Å². The maximum absolute atomic E-state index is 5.58. The van der Waals surface area contributed by atoms with Crippen LogP contribution in [0.15, 0.2) is 19.6 Å². The van der Waals surface area contributed by atoms with E-state index < -0.39 is 0 Å². The highest BCUT2D eigenvalue weighted by atomic mass is 79.9. The van der Waals surface area contributed by atoms with Gasteiger partial charge in [-0.3, -0.25) is 0 Å². The van der Waals surface area contributed by atoms with E-state index in [1.807, 2.05) is 6.07 Å². The predicted molar refractivity (Wildman–Crippen MR) is 70.6 cm³/mol. The van der Waals surface area contributed by atoms with E-state index in [0.29, 0.717) is 4.67 Å². The minimum absolute atomic E-state index is 0.716. The number of nitrogens with zero attached hydrogens (tertiary/aromatic N) is 1.